The number of nitrogens with one attached hydrogen (secondary N) is 3. The molecular weight excluding hydrogens is 546 g/mol. The molecule has 3 aromatic carbocycles. The molecule has 0 fully saturated rings. The molecule has 9 nitrogen and oxygen atoms in total. The first-order chi connectivity index (χ1) is 19.3. The molecule has 3 N–H and O–H groups in total. The van der Waals surface area contributed by atoms with E-state index in [0.29, 0.717) is 27.7 Å². The topological polar surface area (TPSA) is 122 Å². The number of amides is 3. The highest BCUT2D eigenvalue weighted by molar-refractivity contribution is 8.00. The number of nitrogens with zero attached hydrogens (tertiary/aromatic N) is 2. The summed E-state index contributed by atoms with van der Waals surface area (Å²) >= 11 is 2.64. The predicted molar refractivity (Wildman–Crippen MR) is 159 cm³/mol. The molecule has 4 rings (SSSR count). The van der Waals surface area contributed by atoms with Gasteiger partial charge in [-0.25, -0.2) is 0 Å². The smallest absolute Gasteiger partial charge is 0.272 e. The van der Waals surface area contributed by atoms with Crippen molar-refractivity contribution in [3.05, 3.63) is 101 Å². The van der Waals surface area contributed by atoms with Gasteiger partial charge in [0.15, 0.2) is 0 Å². The maximum absolute atomic E-state index is 13.4. The number of anilines is 2. The lowest BCUT2D eigenvalue weighted by Gasteiger charge is -2.14. The molecule has 40 heavy (non-hydrogen) atoms. The van der Waals surface area contributed by atoms with Crippen molar-refractivity contribution in [1.82, 2.24) is 15.5 Å². The van der Waals surface area contributed by atoms with E-state index in [-0.39, 0.29) is 11.6 Å². The Bertz CT molecular complexity index is 1540. The van der Waals surface area contributed by atoms with Gasteiger partial charge in [-0.1, -0.05) is 53.8 Å². The van der Waals surface area contributed by atoms with E-state index in [9.17, 15) is 14.4 Å². The van der Waals surface area contributed by atoms with E-state index in [2.05, 4.69) is 26.1 Å². The summed E-state index contributed by atoms with van der Waals surface area (Å²) in [6.45, 7) is 3.60. The van der Waals surface area contributed by atoms with Gasteiger partial charge in [-0.3, -0.25) is 19.7 Å². The first-order valence-corrected chi connectivity index (χ1v) is 13.9. The van der Waals surface area contributed by atoms with Crippen molar-refractivity contribution in [2.24, 2.45) is 0 Å². The van der Waals surface area contributed by atoms with Crippen LogP contribution in [0.25, 0.3) is 6.08 Å². The molecule has 0 saturated carbocycles. The largest absolute Gasteiger partial charge is 0.496 e. The Morgan fingerprint density at radius 2 is 1.70 bits per heavy atom. The van der Waals surface area contributed by atoms with Crippen molar-refractivity contribution in [3.8, 4) is 5.75 Å². The summed E-state index contributed by atoms with van der Waals surface area (Å²) < 4.78 is 5.41. The van der Waals surface area contributed by atoms with Crippen molar-refractivity contribution >= 4 is 57.7 Å². The maximum atomic E-state index is 13.4. The van der Waals surface area contributed by atoms with Crippen molar-refractivity contribution in [2.45, 2.75) is 24.0 Å². The predicted octanol–water partition coefficient (Wildman–Crippen LogP) is 5.38. The van der Waals surface area contributed by atoms with E-state index < -0.39 is 17.1 Å². The fourth-order valence-corrected chi connectivity index (χ4v) is 5.06. The van der Waals surface area contributed by atoms with Gasteiger partial charge in [0.1, 0.15) is 16.5 Å². The summed E-state index contributed by atoms with van der Waals surface area (Å²) in [5.74, 6) is -0.598. The second kappa shape index (κ2) is 13.5. The first kappa shape index (κ1) is 28.5. The Morgan fingerprint density at radius 3 is 2.42 bits per heavy atom. The van der Waals surface area contributed by atoms with Gasteiger partial charge in [0.25, 0.3) is 11.8 Å². The molecule has 204 valence electrons. The van der Waals surface area contributed by atoms with Crippen LogP contribution in [0, 0.1) is 6.92 Å². The highest BCUT2D eigenvalue weighted by Crippen LogP contribution is 2.27. The molecule has 11 heteroatoms. The number of aryl methyl sites for hydroxylation is 1. The molecule has 0 aliphatic heterocycles. The second-order valence-electron chi connectivity index (χ2n) is 8.48. The van der Waals surface area contributed by atoms with Crippen LogP contribution in [0.5, 0.6) is 5.75 Å². The number of methoxy groups -OCH3 is 1. The van der Waals surface area contributed by atoms with E-state index >= 15 is 0 Å². The SMILES string of the molecule is COc1ccccc1/C=C(/NC(=O)c1ccccc1)C(=O)Nc1cccc(SC(C)C(=O)Nc2nnc(C)s2)c1. The zero-order chi connectivity index (χ0) is 28.5. The molecule has 0 radical (unpaired) electrons. The lowest BCUT2D eigenvalue weighted by molar-refractivity contribution is -0.115. The summed E-state index contributed by atoms with van der Waals surface area (Å²) in [5.41, 5.74) is 1.58. The van der Waals surface area contributed by atoms with Crippen molar-refractivity contribution < 1.29 is 19.1 Å². The van der Waals surface area contributed by atoms with Gasteiger partial charge in [-0.05, 0) is 56.3 Å². The fraction of sp³-hybridized carbons (Fsp3) is 0.138. The molecule has 0 spiro atoms. The summed E-state index contributed by atoms with van der Waals surface area (Å²) in [5, 5.41) is 17.0. The van der Waals surface area contributed by atoms with Gasteiger partial charge in [-0.15, -0.1) is 22.0 Å². The third-order valence-corrected chi connectivity index (χ3v) is 7.35. The van der Waals surface area contributed by atoms with Crippen LogP contribution in [0.4, 0.5) is 10.8 Å². The number of carbonyl (C=O) groups is 3. The number of hydrogen-bond acceptors (Lipinski definition) is 8. The van der Waals surface area contributed by atoms with Crippen LogP contribution in [0.2, 0.25) is 0 Å². The lowest BCUT2D eigenvalue weighted by atomic mass is 10.1. The number of carbonyl (C=O) groups excluding carboxylic acids is 3. The van der Waals surface area contributed by atoms with E-state index in [1.54, 1.807) is 67.6 Å². The summed E-state index contributed by atoms with van der Waals surface area (Å²) in [7, 11) is 1.54. The summed E-state index contributed by atoms with van der Waals surface area (Å²) in [6, 6.07) is 22.9. The third kappa shape index (κ3) is 7.78. The first-order valence-electron chi connectivity index (χ1n) is 12.2. The van der Waals surface area contributed by atoms with Crippen LogP contribution in [-0.4, -0.2) is 40.3 Å². The molecular formula is C29H27N5O4S2. The van der Waals surface area contributed by atoms with Gasteiger partial charge in [0.05, 0.1) is 12.4 Å². The molecule has 1 aromatic heterocycles. The highest BCUT2D eigenvalue weighted by atomic mass is 32.2. The lowest BCUT2D eigenvalue weighted by Crippen LogP contribution is -2.30. The van der Waals surface area contributed by atoms with E-state index in [0.717, 1.165) is 9.90 Å². The molecule has 0 bridgehead atoms. The summed E-state index contributed by atoms with van der Waals surface area (Å²) in [6.07, 6.45) is 1.56. The quantitative estimate of drug-likeness (QED) is 0.172. The fourth-order valence-electron chi connectivity index (χ4n) is 3.54. The molecule has 1 heterocycles. The minimum absolute atomic E-state index is 0.0384. The molecule has 1 atom stereocenters. The van der Waals surface area contributed by atoms with Crippen molar-refractivity contribution in [1.29, 1.82) is 0 Å². The second-order valence-corrected chi connectivity index (χ2v) is 11.1. The number of para-hydroxylation sites is 1. The minimum Gasteiger partial charge on any atom is -0.496 e. The molecule has 1 unspecified atom stereocenters. The van der Waals surface area contributed by atoms with Crippen LogP contribution in [-0.2, 0) is 9.59 Å². The van der Waals surface area contributed by atoms with Crippen LogP contribution >= 0.6 is 23.1 Å². The zero-order valence-electron chi connectivity index (χ0n) is 22.0. The number of benzene rings is 3. The van der Waals surface area contributed by atoms with Crippen LogP contribution in [0.15, 0.2) is 89.5 Å². The highest BCUT2D eigenvalue weighted by Gasteiger charge is 2.18. The van der Waals surface area contributed by atoms with Gasteiger partial charge < -0.3 is 15.4 Å². The van der Waals surface area contributed by atoms with E-state index in [1.807, 2.05) is 31.2 Å². The average molecular weight is 574 g/mol. The Balaban J connectivity index is 1.51. The average Bonchev–Trinajstić information content (AvgIpc) is 3.37. The zero-order valence-corrected chi connectivity index (χ0v) is 23.6. The number of rotatable bonds is 10. The molecule has 0 aliphatic rings. The van der Waals surface area contributed by atoms with Gasteiger partial charge in [0, 0.05) is 21.7 Å². The number of thioether (sulfide) groups is 1. The van der Waals surface area contributed by atoms with Crippen molar-refractivity contribution in [3.63, 3.8) is 0 Å². The van der Waals surface area contributed by atoms with Crippen LogP contribution in [0.3, 0.4) is 0 Å². The third-order valence-electron chi connectivity index (χ3n) is 5.50. The van der Waals surface area contributed by atoms with E-state index in [4.69, 9.17) is 4.74 Å². The molecule has 0 saturated heterocycles. The number of aromatic nitrogens is 2. The van der Waals surface area contributed by atoms with Gasteiger partial charge >= 0.3 is 0 Å². The number of ether oxygens (including phenoxy) is 1. The monoisotopic (exact) mass is 573 g/mol. The van der Waals surface area contributed by atoms with Crippen molar-refractivity contribution in [2.75, 3.05) is 17.7 Å². The molecule has 0 aliphatic carbocycles. The van der Waals surface area contributed by atoms with Crippen LogP contribution < -0.4 is 20.7 Å². The standard InChI is InChI=1S/C29H27N5O4S2/c1-18(26(35)32-29-34-33-19(2)40-29)39-23-14-9-13-22(17-23)30-28(37)24(16-21-12-7-8-15-25(21)38-3)31-27(36)20-10-5-4-6-11-20/h4-18H,1-3H3,(H,30,37)(H,31,36)(H,32,34,35)/b24-16+. The Morgan fingerprint density at radius 1 is 0.950 bits per heavy atom. The maximum Gasteiger partial charge on any atom is 0.272 e. The number of hydrogen-bond donors (Lipinski definition) is 3. The Labute approximate surface area is 240 Å². The van der Waals surface area contributed by atoms with Gasteiger partial charge in [0.2, 0.25) is 11.0 Å². The summed E-state index contributed by atoms with van der Waals surface area (Å²) in [4.78, 5) is 39.7. The van der Waals surface area contributed by atoms with E-state index in [1.165, 1.54) is 30.2 Å². The van der Waals surface area contributed by atoms with Crippen LogP contribution in [0.1, 0.15) is 27.9 Å². The Kier molecular flexibility index (Phi) is 9.66. The molecule has 3 amide bonds. The molecule has 4 aromatic rings. The minimum atomic E-state index is -0.519. The normalized spacial score (nSPS) is 11.8. The Hall–Kier alpha value is -4.48. The van der Waals surface area contributed by atoms with Gasteiger partial charge in [-0.2, -0.15) is 0 Å².